The Kier molecular flexibility index (Phi) is 4.33. The van der Waals surface area contributed by atoms with Crippen molar-refractivity contribution >= 4 is 11.9 Å². The minimum Gasteiger partial charge on any atom is -0.339 e. The molecule has 124 valence electrons. The molecule has 2 heterocycles. The van der Waals surface area contributed by atoms with E-state index in [0.29, 0.717) is 18.5 Å². The number of carbonyl (C=O) groups is 2. The third-order valence-corrected chi connectivity index (χ3v) is 5.79. The van der Waals surface area contributed by atoms with Gasteiger partial charge >= 0.3 is 6.03 Å². The summed E-state index contributed by atoms with van der Waals surface area (Å²) < 4.78 is 0. The van der Waals surface area contributed by atoms with Gasteiger partial charge in [-0.25, -0.2) is 4.79 Å². The molecule has 3 rings (SSSR count). The van der Waals surface area contributed by atoms with Crippen LogP contribution in [0, 0.1) is 5.41 Å². The van der Waals surface area contributed by atoms with Gasteiger partial charge in [0.05, 0.1) is 5.41 Å². The maximum atomic E-state index is 13.2. The summed E-state index contributed by atoms with van der Waals surface area (Å²) in [6.45, 7) is 2.26. The van der Waals surface area contributed by atoms with Crippen molar-refractivity contribution in [3.8, 4) is 0 Å². The average Bonchev–Trinajstić information content (AvgIpc) is 2.95. The predicted molar refractivity (Wildman–Crippen MR) is 85.5 cm³/mol. The molecule has 1 saturated carbocycles. The van der Waals surface area contributed by atoms with Gasteiger partial charge < -0.3 is 14.7 Å². The molecule has 0 unspecified atom stereocenters. The van der Waals surface area contributed by atoms with Crippen LogP contribution in [0.15, 0.2) is 0 Å². The third-order valence-electron chi connectivity index (χ3n) is 5.79. The van der Waals surface area contributed by atoms with E-state index in [2.05, 4.69) is 4.90 Å². The molecule has 3 amide bonds. The first-order valence-electron chi connectivity index (χ1n) is 8.81. The summed E-state index contributed by atoms with van der Waals surface area (Å²) in [6.07, 6.45) is 9.05. The number of hydrogen-bond acceptors (Lipinski definition) is 2. The second kappa shape index (κ2) is 6.09. The van der Waals surface area contributed by atoms with E-state index < -0.39 is 0 Å². The Hall–Kier alpha value is -1.26. The van der Waals surface area contributed by atoms with Crippen LogP contribution in [-0.4, -0.2) is 66.4 Å². The van der Waals surface area contributed by atoms with Gasteiger partial charge in [0.15, 0.2) is 0 Å². The van der Waals surface area contributed by atoms with Crippen LogP contribution in [0.1, 0.15) is 51.4 Å². The number of likely N-dealkylation sites (tertiary alicyclic amines) is 2. The Morgan fingerprint density at radius 1 is 1.09 bits per heavy atom. The van der Waals surface area contributed by atoms with Crippen LogP contribution in [-0.2, 0) is 4.79 Å². The van der Waals surface area contributed by atoms with Crippen molar-refractivity contribution in [2.45, 2.75) is 57.4 Å². The molecule has 22 heavy (non-hydrogen) atoms. The molecule has 0 bridgehead atoms. The highest BCUT2D eigenvalue weighted by atomic mass is 16.2. The Balaban J connectivity index is 1.71. The Bertz CT molecular complexity index is 445. The lowest BCUT2D eigenvalue weighted by atomic mass is 9.77. The van der Waals surface area contributed by atoms with E-state index in [-0.39, 0.29) is 11.4 Å². The van der Waals surface area contributed by atoms with E-state index >= 15 is 0 Å². The molecule has 0 aromatic carbocycles. The summed E-state index contributed by atoms with van der Waals surface area (Å²) >= 11 is 0. The summed E-state index contributed by atoms with van der Waals surface area (Å²) in [6, 6.07) is 0.497. The summed E-state index contributed by atoms with van der Waals surface area (Å²) in [5, 5.41) is 0. The van der Waals surface area contributed by atoms with Crippen LogP contribution in [0.2, 0.25) is 0 Å². The highest BCUT2D eigenvalue weighted by Crippen LogP contribution is 2.42. The molecular formula is C17H29N3O2. The highest BCUT2D eigenvalue weighted by molar-refractivity contribution is 5.86. The lowest BCUT2D eigenvalue weighted by molar-refractivity contribution is -0.149. The summed E-state index contributed by atoms with van der Waals surface area (Å²) in [5.74, 6) is 0.333. The van der Waals surface area contributed by atoms with Gasteiger partial charge in [-0.2, -0.15) is 0 Å². The molecule has 2 saturated heterocycles. The van der Waals surface area contributed by atoms with Gasteiger partial charge in [-0.3, -0.25) is 4.79 Å². The molecule has 1 spiro atoms. The van der Waals surface area contributed by atoms with Crippen LogP contribution in [0.4, 0.5) is 4.79 Å². The van der Waals surface area contributed by atoms with Gasteiger partial charge in [-0.1, -0.05) is 19.3 Å². The predicted octanol–water partition coefficient (Wildman–Crippen LogP) is 2.32. The normalized spacial score (nSPS) is 30.2. The van der Waals surface area contributed by atoms with E-state index in [0.717, 1.165) is 32.4 Å². The molecule has 5 nitrogen and oxygen atoms in total. The van der Waals surface area contributed by atoms with Gasteiger partial charge in [-0.05, 0) is 32.1 Å². The quantitative estimate of drug-likeness (QED) is 0.746. The first kappa shape index (κ1) is 15.6. The van der Waals surface area contributed by atoms with Gasteiger partial charge in [0.1, 0.15) is 0 Å². The minimum atomic E-state index is -0.290. The van der Waals surface area contributed by atoms with Gasteiger partial charge in [0.2, 0.25) is 5.91 Å². The zero-order chi connectivity index (χ0) is 15.7. The molecule has 2 aliphatic heterocycles. The summed E-state index contributed by atoms with van der Waals surface area (Å²) in [4.78, 5) is 31.0. The molecule has 0 N–H and O–H groups in total. The maximum absolute atomic E-state index is 13.2. The van der Waals surface area contributed by atoms with Crippen molar-refractivity contribution in [1.82, 2.24) is 14.7 Å². The van der Waals surface area contributed by atoms with Crippen molar-refractivity contribution in [3.63, 3.8) is 0 Å². The highest BCUT2D eigenvalue weighted by Gasteiger charge is 2.50. The summed E-state index contributed by atoms with van der Waals surface area (Å²) in [7, 11) is 3.56. The molecule has 0 aromatic heterocycles. The largest absolute Gasteiger partial charge is 0.339 e. The van der Waals surface area contributed by atoms with Crippen molar-refractivity contribution < 1.29 is 9.59 Å². The summed E-state index contributed by atoms with van der Waals surface area (Å²) in [5.41, 5.74) is -0.290. The van der Waals surface area contributed by atoms with Gasteiger partial charge in [0.25, 0.3) is 0 Å². The first-order valence-corrected chi connectivity index (χ1v) is 8.81. The Morgan fingerprint density at radius 3 is 2.50 bits per heavy atom. The van der Waals surface area contributed by atoms with Crippen LogP contribution < -0.4 is 0 Å². The lowest BCUT2D eigenvalue weighted by Gasteiger charge is -2.44. The standard InChI is InChI=1S/C17H29N3O2/c1-18(2)16(22)19-12-10-17(13-19)9-6-11-20(15(17)21)14-7-4-3-5-8-14/h14H,3-13H2,1-2H3/t17-/m1/s1. The van der Waals surface area contributed by atoms with Crippen LogP contribution in [0.3, 0.4) is 0 Å². The smallest absolute Gasteiger partial charge is 0.319 e. The number of amides is 3. The average molecular weight is 307 g/mol. The fourth-order valence-corrected chi connectivity index (χ4v) is 4.54. The van der Waals surface area contributed by atoms with E-state index in [1.54, 1.807) is 19.0 Å². The molecule has 3 aliphatic rings. The van der Waals surface area contributed by atoms with E-state index in [4.69, 9.17) is 0 Å². The van der Waals surface area contributed by atoms with E-state index in [1.165, 1.54) is 32.1 Å². The van der Waals surface area contributed by atoms with Crippen molar-refractivity contribution in [2.75, 3.05) is 33.7 Å². The monoisotopic (exact) mass is 307 g/mol. The SMILES string of the molecule is CN(C)C(=O)N1CC[C@]2(CCCN(C3CCCCC3)C2=O)C1. The molecule has 1 atom stereocenters. The van der Waals surface area contributed by atoms with Crippen molar-refractivity contribution in [1.29, 1.82) is 0 Å². The minimum absolute atomic E-state index is 0.0412. The van der Waals surface area contributed by atoms with Gasteiger partial charge in [0, 0.05) is 39.8 Å². The fourth-order valence-electron chi connectivity index (χ4n) is 4.54. The number of hydrogen-bond donors (Lipinski definition) is 0. The van der Waals surface area contributed by atoms with E-state index in [9.17, 15) is 9.59 Å². The second-order valence-electron chi connectivity index (χ2n) is 7.52. The molecule has 0 radical (unpaired) electrons. The molecule has 5 heteroatoms. The number of carbonyl (C=O) groups excluding carboxylic acids is 2. The van der Waals surface area contributed by atoms with Gasteiger partial charge in [-0.15, -0.1) is 0 Å². The van der Waals surface area contributed by atoms with Crippen molar-refractivity contribution in [3.05, 3.63) is 0 Å². The second-order valence-corrected chi connectivity index (χ2v) is 7.52. The van der Waals surface area contributed by atoms with Crippen LogP contribution in [0.5, 0.6) is 0 Å². The number of urea groups is 1. The number of rotatable bonds is 1. The van der Waals surface area contributed by atoms with Crippen LogP contribution in [0.25, 0.3) is 0 Å². The van der Waals surface area contributed by atoms with E-state index in [1.807, 2.05) is 4.90 Å². The Morgan fingerprint density at radius 2 is 1.82 bits per heavy atom. The molecule has 1 aliphatic carbocycles. The third kappa shape index (κ3) is 2.70. The fraction of sp³-hybridized carbons (Fsp3) is 0.882. The van der Waals surface area contributed by atoms with Crippen molar-refractivity contribution in [2.24, 2.45) is 5.41 Å². The maximum Gasteiger partial charge on any atom is 0.319 e. The van der Waals surface area contributed by atoms with Crippen LogP contribution >= 0.6 is 0 Å². The topological polar surface area (TPSA) is 43.9 Å². The molecular weight excluding hydrogens is 278 g/mol. The number of nitrogens with zero attached hydrogens (tertiary/aromatic N) is 3. The zero-order valence-electron chi connectivity index (χ0n) is 14.0. The Labute approximate surface area is 133 Å². The lowest BCUT2D eigenvalue weighted by Crippen LogP contribution is -2.54. The zero-order valence-corrected chi connectivity index (χ0v) is 14.0. The number of piperidine rings is 1. The molecule has 3 fully saturated rings. The first-order chi connectivity index (χ1) is 10.5. The molecule has 0 aromatic rings.